The molecule has 90 valence electrons. The van der Waals surface area contributed by atoms with E-state index in [0.717, 1.165) is 17.7 Å². The Morgan fingerprint density at radius 2 is 2.12 bits per heavy atom. The van der Waals surface area contributed by atoms with Crippen LogP contribution in [0.3, 0.4) is 0 Å². The Bertz CT molecular complexity index is 482. The molecule has 0 aliphatic carbocycles. The molecule has 1 N–H and O–H groups in total. The molecule has 4 nitrogen and oxygen atoms in total. The summed E-state index contributed by atoms with van der Waals surface area (Å²) in [5, 5.41) is 8.95. The number of carboxylic acid groups (broad SMARTS) is 1. The van der Waals surface area contributed by atoms with E-state index in [1.54, 1.807) is 23.1 Å². The second kappa shape index (κ2) is 4.20. The standard InChI is InChI=1S/C13H15NO3/c1-8-5-11-6-10(13(16)17)3-4-12(11)14(7-8)9(2)15/h3-4,6,8H,5,7H2,1-2H3,(H,16,17). The molecule has 1 aliphatic heterocycles. The Kier molecular flexibility index (Phi) is 2.88. The van der Waals surface area contributed by atoms with Crippen LogP contribution in [0.2, 0.25) is 0 Å². The summed E-state index contributed by atoms with van der Waals surface area (Å²) in [7, 11) is 0. The highest BCUT2D eigenvalue weighted by Crippen LogP contribution is 2.30. The van der Waals surface area contributed by atoms with Crippen molar-refractivity contribution in [3.05, 3.63) is 29.3 Å². The first kappa shape index (κ1) is 11.6. The number of rotatable bonds is 1. The van der Waals surface area contributed by atoms with Crippen molar-refractivity contribution >= 4 is 17.6 Å². The molecule has 0 aromatic heterocycles. The molecule has 4 heteroatoms. The lowest BCUT2D eigenvalue weighted by Crippen LogP contribution is -2.37. The predicted octanol–water partition coefficient (Wildman–Crippen LogP) is 1.93. The molecule has 1 aromatic carbocycles. The zero-order chi connectivity index (χ0) is 12.6. The molecule has 1 heterocycles. The Labute approximate surface area is 99.9 Å². The zero-order valence-corrected chi connectivity index (χ0v) is 9.93. The molecule has 0 saturated heterocycles. The molecule has 0 fully saturated rings. The van der Waals surface area contributed by atoms with E-state index in [4.69, 9.17) is 5.11 Å². The summed E-state index contributed by atoms with van der Waals surface area (Å²) in [5.74, 6) is -0.572. The van der Waals surface area contributed by atoms with Crippen LogP contribution in [0.25, 0.3) is 0 Å². The van der Waals surface area contributed by atoms with Crippen molar-refractivity contribution in [2.24, 2.45) is 5.92 Å². The van der Waals surface area contributed by atoms with E-state index in [1.807, 2.05) is 0 Å². The molecule has 1 aliphatic rings. The summed E-state index contributed by atoms with van der Waals surface area (Å²) >= 11 is 0. The maximum Gasteiger partial charge on any atom is 0.335 e. The highest BCUT2D eigenvalue weighted by molar-refractivity contribution is 5.94. The minimum atomic E-state index is -0.930. The van der Waals surface area contributed by atoms with Crippen molar-refractivity contribution in [1.29, 1.82) is 0 Å². The van der Waals surface area contributed by atoms with E-state index in [-0.39, 0.29) is 11.5 Å². The number of benzene rings is 1. The first-order chi connectivity index (χ1) is 7.99. The molecule has 1 aromatic rings. The van der Waals surface area contributed by atoms with Crippen molar-refractivity contribution in [3.8, 4) is 0 Å². The number of nitrogens with zero attached hydrogens (tertiary/aromatic N) is 1. The van der Waals surface area contributed by atoms with E-state index in [9.17, 15) is 9.59 Å². The van der Waals surface area contributed by atoms with Crippen molar-refractivity contribution in [2.45, 2.75) is 20.3 Å². The predicted molar refractivity (Wildman–Crippen MR) is 64.3 cm³/mol. The number of fused-ring (bicyclic) bond motifs is 1. The molecule has 2 rings (SSSR count). The van der Waals surface area contributed by atoms with Gasteiger partial charge < -0.3 is 10.0 Å². The van der Waals surface area contributed by atoms with E-state index < -0.39 is 5.97 Å². The molecular weight excluding hydrogens is 218 g/mol. The van der Waals surface area contributed by atoms with Gasteiger partial charge in [-0.1, -0.05) is 6.92 Å². The number of carbonyl (C=O) groups excluding carboxylic acids is 1. The number of hydrogen-bond donors (Lipinski definition) is 1. The van der Waals surface area contributed by atoms with Crippen LogP contribution >= 0.6 is 0 Å². The maximum absolute atomic E-state index is 11.5. The van der Waals surface area contributed by atoms with Crippen molar-refractivity contribution in [3.63, 3.8) is 0 Å². The van der Waals surface area contributed by atoms with Crippen molar-refractivity contribution in [1.82, 2.24) is 0 Å². The van der Waals surface area contributed by atoms with Gasteiger partial charge in [-0.2, -0.15) is 0 Å². The number of carboxylic acids is 1. The fourth-order valence-electron chi connectivity index (χ4n) is 2.29. The van der Waals surface area contributed by atoms with Crippen LogP contribution in [0.4, 0.5) is 5.69 Å². The van der Waals surface area contributed by atoms with Crippen LogP contribution in [-0.4, -0.2) is 23.5 Å². The molecule has 17 heavy (non-hydrogen) atoms. The largest absolute Gasteiger partial charge is 0.478 e. The number of hydrogen-bond acceptors (Lipinski definition) is 2. The number of amides is 1. The summed E-state index contributed by atoms with van der Waals surface area (Å²) in [5.41, 5.74) is 2.07. The summed E-state index contributed by atoms with van der Waals surface area (Å²) in [4.78, 5) is 24.2. The number of carbonyl (C=O) groups is 2. The van der Waals surface area contributed by atoms with E-state index in [2.05, 4.69) is 6.92 Å². The normalized spacial score (nSPS) is 18.7. The number of anilines is 1. The molecule has 1 atom stereocenters. The monoisotopic (exact) mass is 233 g/mol. The molecule has 0 radical (unpaired) electrons. The van der Waals surface area contributed by atoms with Crippen LogP contribution in [0.15, 0.2) is 18.2 Å². The fraction of sp³-hybridized carbons (Fsp3) is 0.385. The second-order valence-corrected chi connectivity index (χ2v) is 4.59. The van der Waals surface area contributed by atoms with E-state index in [1.165, 1.54) is 6.92 Å². The van der Waals surface area contributed by atoms with Crippen LogP contribution in [-0.2, 0) is 11.2 Å². The quantitative estimate of drug-likeness (QED) is 0.806. The van der Waals surface area contributed by atoms with Gasteiger partial charge >= 0.3 is 5.97 Å². The summed E-state index contributed by atoms with van der Waals surface area (Å²) in [6, 6.07) is 4.95. The Morgan fingerprint density at radius 1 is 1.41 bits per heavy atom. The van der Waals surface area contributed by atoms with Crippen LogP contribution in [0.5, 0.6) is 0 Å². The van der Waals surface area contributed by atoms with Gasteiger partial charge in [-0.25, -0.2) is 4.79 Å². The SMILES string of the molecule is CC(=O)N1CC(C)Cc2cc(C(=O)O)ccc21. The Morgan fingerprint density at radius 3 is 2.71 bits per heavy atom. The molecular formula is C13H15NO3. The van der Waals surface area contributed by atoms with Crippen LogP contribution in [0, 0.1) is 5.92 Å². The van der Waals surface area contributed by atoms with Gasteiger partial charge in [-0.15, -0.1) is 0 Å². The van der Waals surface area contributed by atoms with Gasteiger partial charge in [0.25, 0.3) is 0 Å². The highest BCUT2D eigenvalue weighted by Gasteiger charge is 2.24. The first-order valence-electron chi connectivity index (χ1n) is 5.63. The van der Waals surface area contributed by atoms with Crippen LogP contribution < -0.4 is 4.90 Å². The van der Waals surface area contributed by atoms with Gasteiger partial charge in [-0.3, -0.25) is 4.79 Å². The zero-order valence-electron chi connectivity index (χ0n) is 9.93. The highest BCUT2D eigenvalue weighted by atomic mass is 16.4. The third-order valence-electron chi connectivity index (χ3n) is 3.06. The molecule has 0 spiro atoms. The van der Waals surface area contributed by atoms with Gasteiger partial charge in [0.1, 0.15) is 0 Å². The maximum atomic E-state index is 11.5. The topological polar surface area (TPSA) is 57.6 Å². The van der Waals surface area contributed by atoms with E-state index >= 15 is 0 Å². The van der Waals surface area contributed by atoms with Gasteiger partial charge in [0.15, 0.2) is 0 Å². The lowest BCUT2D eigenvalue weighted by molar-refractivity contribution is -0.116. The van der Waals surface area contributed by atoms with Gasteiger partial charge in [-0.05, 0) is 36.1 Å². The Balaban J connectivity index is 2.47. The van der Waals surface area contributed by atoms with Gasteiger partial charge in [0, 0.05) is 19.2 Å². The molecule has 1 unspecified atom stereocenters. The lowest BCUT2D eigenvalue weighted by Gasteiger charge is -2.32. The molecule has 0 saturated carbocycles. The Hall–Kier alpha value is -1.84. The first-order valence-corrected chi connectivity index (χ1v) is 5.63. The average Bonchev–Trinajstić information content (AvgIpc) is 2.26. The minimum Gasteiger partial charge on any atom is -0.478 e. The third-order valence-corrected chi connectivity index (χ3v) is 3.06. The van der Waals surface area contributed by atoms with E-state index in [0.29, 0.717) is 12.5 Å². The summed E-state index contributed by atoms with van der Waals surface area (Å²) in [6.07, 6.45) is 0.820. The van der Waals surface area contributed by atoms with Gasteiger partial charge in [0.2, 0.25) is 5.91 Å². The number of aromatic carboxylic acids is 1. The minimum absolute atomic E-state index is 0.000810. The molecule has 0 bridgehead atoms. The third kappa shape index (κ3) is 2.16. The van der Waals surface area contributed by atoms with Crippen molar-refractivity contribution < 1.29 is 14.7 Å². The summed E-state index contributed by atoms with van der Waals surface area (Å²) < 4.78 is 0. The fourth-order valence-corrected chi connectivity index (χ4v) is 2.29. The van der Waals surface area contributed by atoms with Crippen molar-refractivity contribution in [2.75, 3.05) is 11.4 Å². The average molecular weight is 233 g/mol. The lowest BCUT2D eigenvalue weighted by atomic mass is 9.92. The second-order valence-electron chi connectivity index (χ2n) is 4.59. The smallest absolute Gasteiger partial charge is 0.335 e. The molecule has 1 amide bonds. The summed E-state index contributed by atoms with van der Waals surface area (Å²) in [6.45, 7) is 4.30. The van der Waals surface area contributed by atoms with Gasteiger partial charge in [0.05, 0.1) is 5.56 Å². The van der Waals surface area contributed by atoms with Crippen LogP contribution in [0.1, 0.15) is 29.8 Å².